The number of ether oxygens (including phenoxy) is 1. The monoisotopic (exact) mass is 362 g/mol. The fourth-order valence-electron chi connectivity index (χ4n) is 4.06. The molecule has 3 aromatic rings. The minimum Gasteiger partial charge on any atom is -0.487 e. The molecule has 1 fully saturated rings. The van der Waals surface area contributed by atoms with Gasteiger partial charge in [-0.25, -0.2) is 4.98 Å². The molecule has 0 bridgehead atoms. The van der Waals surface area contributed by atoms with Gasteiger partial charge >= 0.3 is 0 Å². The normalized spacial score (nSPS) is 19.5. The maximum absolute atomic E-state index is 12.9. The molecular weight excluding hydrogens is 340 g/mol. The van der Waals surface area contributed by atoms with E-state index in [0.29, 0.717) is 13.2 Å². The predicted octanol–water partition coefficient (Wildman–Crippen LogP) is 2.62. The van der Waals surface area contributed by atoms with Crippen LogP contribution in [0.4, 0.5) is 0 Å². The van der Waals surface area contributed by atoms with Gasteiger partial charge in [-0.05, 0) is 43.7 Å². The van der Waals surface area contributed by atoms with Gasteiger partial charge in [-0.2, -0.15) is 0 Å². The van der Waals surface area contributed by atoms with Crippen molar-refractivity contribution in [3.8, 4) is 5.75 Å². The van der Waals surface area contributed by atoms with Crippen molar-refractivity contribution >= 4 is 11.6 Å². The van der Waals surface area contributed by atoms with Gasteiger partial charge in [0.05, 0.1) is 12.2 Å². The number of hydrogen-bond acceptors (Lipinski definition) is 4. The molecule has 6 nitrogen and oxygen atoms in total. The van der Waals surface area contributed by atoms with Crippen molar-refractivity contribution in [2.45, 2.75) is 32.0 Å². The van der Waals surface area contributed by atoms with E-state index in [1.807, 2.05) is 58.1 Å². The molecule has 2 aliphatic rings. The molecule has 0 spiro atoms. The molecule has 1 aromatic carbocycles. The van der Waals surface area contributed by atoms with Crippen LogP contribution >= 0.6 is 0 Å². The van der Waals surface area contributed by atoms with Crippen LogP contribution in [-0.2, 0) is 13.2 Å². The molecule has 1 amide bonds. The summed E-state index contributed by atoms with van der Waals surface area (Å²) in [6, 6.07) is 11.9. The van der Waals surface area contributed by atoms with Crippen molar-refractivity contribution in [2.24, 2.45) is 0 Å². The molecule has 1 atom stereocenters. The number of rotatable bonds is 4. The van der Waals surface area contributed by atoms with Crippen molar-refractivity contribution in [1.82, 2.24) is 19.6 Å². The molecule has 1 saturated heterocycles. The Labute approximate surface area is 157 Å². The standard InChI is InChI=1S/C21H22N4O2/c26-21-17-6-3-7-19(18(17)13-25(21)16-5-4-9-22-11-16)27-14-15-12-24-10-2-1-8-20(24)23-15/h1-3,6-8,10,12,16,22H,4-5,9,11,13-14H2. The molecule has 6 heteroatoms. The third kappa shape index (κ3) is 2.96. The van der Waals surface area contributed by atoms with Crippen molar-refractivity contribution < 1.29 is 9.53 Å². The molecule has 0 saturated carbocycles. The largest absolute Gasteiger partial charge is 0.487 e. The van der Waals surface area contributed by atoms with Crippen LogP contribution in [-0.4, -0.2) is 39.3 Å². The number of nitrogens with one attached hydrogen (secondary N) is 1. The van der Waals surface area contributed by atoms with Crippen molar-refractivity contribution in [3.63, 3.8) is 0 Å². The quantitative estimate of drug-likeness (QED) is 0.775. The number of fused-ring (bicyclic) bond motifs is 2. The molecule has 2 aromatic heterocycles. The second-order valence-electron chi connectivity index (χ2n) is 7.20. The Kier molecular flexibility index (Phi) is 4.05. The molecule has 5 rings (SSSR count). The Bertz CT molecular complexity index is 958. The van der Waals surface area contributed by atoms with Crippen molar-refractivity contribution in [3.05, 3.63) is 65.6 Å². The summed E-state index contributed by atoms with van der Waals surface area (Å²) >= 11 is 0. The molecule has 1 unspecified atom stereocenters. The molecule has 0 radical (unpaired) electrons. The van der Waals surface area contributed by atoms with Crippen molar-refractivity contribution in [1.29, 1.82) is 0 Å². The van der Waals surface area contributed by atoms with E-state index in [4.69, 9.17) is 4.74 Å². The number of nitrogens with zero attached hydrogens (tertiary/aromatic N) is 3. The van der Waals surface area contributed by atoms with Gasteiger partial charge in [0.1, 0.15) is 18.0 Å². The van der Waals surface area contributed by atoms with Gasteiger partial charge in [-0.1, -0.05) is 12.1 Å². The molecule has 2 aliphatic heterocycles. The Morgan fingerprint density at radius 2 is 2.19 bits per heavy atom. The maximum atomic E-state index is 12.9. The fourth-order valence-corrected chi connectivity index (χ4v) is 4.06. The Morgan fingerprint density at radius 1 is 1.22 bits per heavy atom. The summed E-state index contributed by atoms with van der Waals surface area (Å²) in [5, 5.41) is 3.40. The van der Waals surface area contributed by atoms with Crippen molar-refractivity contribution in [2.75, 3.05) is 13.1 Å². The van der Waals surface area contributed by atoms with E-state index in [2.05, 4.69) is 10.3 Å². The summed E-state index contributed by atoms with van der Waals surface area (Å²) < 4.78 is 8.06. The molecule has 1 N–H and O–H groups in total. The molecule has 27 heavy (non-hydrogen) atoms. The van der Waals surface area contributed by atoms with E-state index in [1.165, 1.54) is 0 Å². The number of carbonyl (C=O) groups excluding carboxylic acids is 1. The van der Waals surface area contributed by atoms with Gasteiger partial charge in [0.15, 0.2) is 0 Å². The lowest BCUT2D eigenvalue weighted by molar-refractivity contribution is 0.0674. The highest BCUT2D eigenvalue weighted by molar-refractivity contribution is 5.99. The third-order valence-electron chi connectivity index (χ3n) is 5.45. The lowest BCUT2D eigenvalue weighted by Gasteiger charge is -2.31. The van der Waals surface area contributed by atoms with E-state index < -0.39 is 0 Å². The second kappa shape index (κ2) is 6.70. The first-order chi connectivity index (χ1) is 13.3. The second-order valence-corrected chi connectivity index (χ2v) is 7.20. The summed E-state index contributed by atoms with van der Waals surface area (Å²) in [6.07, 6.45) is 6.12. The fraction of sp³-hybridized carbons (Fsp3) is 0.333. The maximum Gasteiger partial charge on any atom is 0.254 e. The summed E-state index contributed by atoms with van der Waals surface area (Å²) in [6.45, 7) is 2.93. The summed E-state index contributed by atoms with van der Waals surface area (Å²) in [7, 11) is 0. The van der Waals surface area contributed by atoms with Crippen LogP contribution in [0.25, 0.3) is 5.65 Å². The number of amides is 1. The highest BCUT2D eigenvalue weighted by Gasteiger charge is 2.35. The molecular formula is C21H22N4O2. The third-order valence-corrected chi connectivity index (χ3v) is 5.45. The Hall–Kier alpha value is -2.86. The average Bonchev–Trinajstić information content (AvgIpc) is 3.28. The van der Waals surface area contributed by atoms with Crippen LogP contribution in [0.2, 0.25) is 0 Å². The number of piperidine rings is 1. The predicted molar refractivity (Wildman–Crippen MR) is 102 cm³/mol. The average molecular weight is 362 g/mol. The summed E-state index contributed by atoms with van der Waals surface area (Å²) in [5.41, 5.74) is 3.54. The first kappa shape index (κ1) is 16.3. The van der Waals surface area contributed by atoms with Gasteiger partial charge in [-0.3, -0.25) is 4.79 Å². The van der Waals surface area contributed by atoms with Crippen LogP contribution in [0.15, 0.2) is 48.8 Å². The zero-order valence-electron chi connectivity index (χ0n) is 15.1. The van der Waals surface area contributed by atoms with Gasteiger partial charge < -0.3 is 19.4 Å². The Morgan fingerprint density at radius 3 is 3.04 bits per heavy atom. The molecule has 138 valence electrons. The van der Waals surface area contributed by atoms with Gasteiger partial charge in [0.2, 0.25) is 0 Å². The first-order valence-corrected chi connectivity index (χ1v) is 9.48. The number of imidazole rings is 1. The van der Waals surface area contributed by atoms with Crippen LogP contribution in [0.1, 0.15) is 34.5 Å². The van der Waals surface area contributed by atoms with Crippen LogP contribution in [0.5, 0.6) is 5.75 Å². The SMILES string of the molecule is O=C1c2cccc(OCc3cn4ccccc4n3)c2CN1C1CCCNC1. The highest BCUT2D eigenvalue weighted by atomic mass is 16.5. The number of aromatic nitrogens is 2. The number of benzene rings is 1. The van der Waals surface area contributed by atoms with E-state index in [1.54, 1.807) is 0 Å². The van der Waals surface area contributed by atoms with E-state index >= 15 is 0 Å². The van der Waals surface area contributed by atoms with Gasteiger partial charge in [-0.15, -0.1) is 0 Å². The minimum absolute atomic E-state index is 0.122. The highest BCUT2D eigenvalue weighted by Crippen LogP contribution is 2.33. The molecule has 0 aliphatic carbocycles. The number of pyridine rings is 1. The number of hydrogen-bond donors (Lipinski definition) is 1. The lowest BCUT2D eigenvalue weighted by Crippen LogP contribution is -2.46. The topological polar surface area (TPSA) is 58.9 Å². The van der Waals surface area contributed by atoms with Crippen LogP contribution in [0.3, 0.4) is 0 Å². The smallest absolute Gasteiger partial charge is 0.254 e. The Balaban J connectivity index is 1.35. The van der Waals surface area contributed by atoms with Gasteiger partial charge in [0.25, 0.3) is 5.91 Å². The van der Waals surface area contributed by atoms with E-state index in [0.717, 1.165) is 54.1 Å². The zero-order valence-corrected chi connectivity index (χ0v) is 15.1. The molecule has 4 heterocycles. The van der Waals surface area contributed by atoms with Crippen LogP contribution < -0.4 is 10.1 Å². The summed E-state index contributed by atoms with van der Waals surface area (Å²) in [5.74, 6) is 0.904. The van der Waals surface area contributed by atoms with E-state index in [-0.39, 0.29) is 11.9 Å². The number of carbonyl (C=O) groups is 1. The van der Waals surface area contributed by atoms with Gasteiger partial charge in [0, 0.05) is 36.1 Å². The van der Waals surface area contributed by atoms with Crippen LogP contribution in [0, 0.1) is 0 Å². The minimum atomic E-state index is 0.122. The summed E-state index contributed by atoms with van der Waals surface area (Å²) in [4.78, 5) is 19.4. The first-order valence-electron chi connectivity index (χ1n) is 9.48. The zero-order chi connectivity index (χ0) is 18.2. The van der Waals surface area contributed by atoms with E-state index in [9.17, 15) is 4.79 Å². The lowest BCUT2D eigenvalue weighted by atomic mass is 10.1.